The summed E-state index contributed by atoms with van der Waals surface area (Å²) in [7, 11) is 0. The van der Waals surface area contributed by atoms with Crippen LogP contribution in [0, 0.1) is 5.95 Å². The Morgan fingerprint density at radius 1 is 1.28 bits per heavy atom. The summed E-state index contributed by atoms with van der Waals surface area (Å²) in [5, 5.41) is 2.61. The number of halogens is 3. The highest BCUT2D eigenvalue weighted by Gasteiger charge is 2.13. The standard InChI is InChI=1S/C12H7Br2FN2O/c13-7-3-4-10(9(14)6-7)17-12(18)8-2-1-5-16-11(8)15/h1-6H,(H,17,18). The van der Waals surface area contributed by atoms with Crippen molar-refractivity contribution in [3.8, 4) is 0 Å². The van der Waals surface area contributed by atoms with E-state index in [-0.39, 0.29) is 5.56 Å². The van der Waals surface area contributed by atoms with E-state index >= 15 is 0 Å². The zero-order valence-corrected chi connectivity index (χ0v) is 12.1. The lowest BCUT2D eigenvalue weighted by molar-refractivity contribution is 0.102. The Kier molecular flexibility index (Phi) is 4.08. The number of aromatic nitrogens is 1. The Balaban J connectivity index is 2.24. The lowest BCUT2D eigenvalue weighted by atomic mass is 10.2. The average molecular weight is 374 g/mol. The Labute approximate surface area is 120 Å². The van der Waals surface area contributed by atoms with E-state index in [0.717, 1.165) is 4.47 Å². The van der Waals surface area contributed by atoms with E-state index in [1.54, 1.807) is 18.2 Å². The van der Waals surface area contributed by atoms with E-state index in [1.165, 1.54) is 18.3 Å². The number of amides is 1. The molecular formula is C12H7Br2FN2O. The number of nitrogens with one attached hydrogen (secondary N) is 1. The Morgan fingerprint density at radius 2 is 2.06 bits per heavy atom. The third kappa shape index (κ3) is 2.94. The van der Waals surface area contributed by atoms with E-state index < -0.39 is 11.9 Å². The van der Waals surface area contributed by atoms with Gasteiger partial charge in [0.2, 0.25) is 5.95 Å². The first-order valence-electron chi connectivity index (χ1n) is 4.95. The van der Waals surface area contributed by atoms with Crippen molar-refractivity contribution in [2.75, 3.05) is 5.32 Å². The highest BCUT2D eigenvalue weighted by Crippen LogP contribution is 2.26. The molecule has 0 spiro atoms. The first-order valence-corrected chi connectivity index (χ1v) is 6.53. The molecule has 0 bridgehead atoms. The molecule has 2 aromatic rings. The largest absolute Gasteiger partial charge is 0.321 e. The van der Waals surface area contributed by atoms with Crippen LogP contribution < -0.4 is 5.32 Å². The van der Waals surface area contributed by atoms with E-state index in [2.05, 4.69) is 42.2 Å². The molecule has 1 aromatic carbocycles. The van der Waals surface area contributed by atoms with Gasteiger partial charge in [0.15, 0.2) is 0 Å². The van der Waals surface area contributed by atoms with Gasteiger partial charge in [-0.15, -0.1) is 0 Å². The Morgan fingerprint density at radius 3 is 2.72 bits per heavy atom. The molecule has 0 unspecified atom stereocenters. The fourth-order valence-corrected chi connectivity index (χ4v) is 2.48. The Bertz CT molecular complexity index is 604. The molecule has 6 heteroatoms. The second kappa shape index (κ2) is 5.58. The van der Waals surface area contributed by atoms with Gasteiger partial charge in [-0.2, -0.15) is 4.39 Å². The van der Waals surface area contributed by atoms with Crippen molar-refractivity contribution in [2.45, 2.75) is 0 Å². The number of hydrogen-bond donors (Lipinski definition) is 1. The number of benzene rings is 1. The summed E-state index contributed by atoms with van der Waals surface area (Å²) in [6.45, 7) is 0. The molecule has 0 saturated carbocycles. The third-order valence-corrected chi connectivity index (χ3v) is 3.33. The van der Waals surface area contributed by atoms with Crippen LogP contribution in [-0.2, 0) is 0 Å². The van der Waals surface area contributed by atoms with Gasteiger partial charge in [0.1, 0.15) is 0 Å². The van der Waals surface area contributed by atoms with Crippen LogP contribution in [0.2, 0.25) is 0 Å². The minimum absolute atomic E-state index is 0.0904. The van der Waals surface area contributed by atoms with Gasteiger partial charge in [-0.25, -0.2) is 4.98 Å². The van der Waals surface area contributed by atoms with Crippen LogP contribution in [0.15, 0.2) is 45.5 Å². The SMILES string of the molecule is O=C(Nc1ccc(Br)cc1Br)c1cccnc1F. The monoisotopic (exact) mass is 372 g/mol. The molecule has 0 aliphatic rings. The maximum Gasteiger partial charge on any atom is 0.260 e. The summed E-state index contributed by atoms with van der Waals surface area (Å²) in [5.41, 5.74) is 0.471. The molecule has 1 amide bonds. The minimum atomic E-state index is -0.789. The van der Waals surface area contributed by atoms with Crippen molar-refractivity contribution < 1.29 is 9.18 Å². The number of pyridine rings is 1. The predicted molar refractivity (Wildman–Crippen MR) is 74.0 cm³/mol. The molecule has 1 heterocycles. The highest BCUT2D eigenvalue weighted by molar-refractivity contribution is 9.11. The second-order valence-electron chi connectivity index (χ2n) is 3.42. The van der Waals surface area contributed by atoms with Gasteiger partial charge >= 0.3 is 0 Å². The molecule has 0 aliphatic carbocycles. The van der Waals surface area contributed by atoms with Crippen molar-refractivity contribution in [1.29, 1.82) is 0 Å². The average Bonchev–Trinajstić information content (AvgIpc) is 2.33. The molecule has 0 saturated heterocycles. The van der Waals surface area contributed by atoms with Gasteiger partial charge in [-0.1, -0.05) is 15.9 Å². The van der Waals surface area contributed by atoms with Crippen molar-refractivity contribution >= 4 is 43.5 Å². The smallest absolute Gasteiger partial charge is 0.260 e. The summed E-state index contributed by atoms with van der Waals surface area (Å²) < 4.78 is 14.9. The molecule has 1 N–H and O–H groups in total. The molecule has 0 aliphatic heterocycles. The summed E-state index contributed by atoms with van der Waals surface area (Å²) in [4.78, 5) is 15.3. The van der Waals surface area contributed by atoms with Crippen LogP contribution in [0.5, 0.6) is 0 Å². The molecule has 2 rings (SSSR count). The predicted octanol–water partition coefficient (Wildman–Crippen LogP) is 4.00. The van der Waals surface area contributed by atoms with Crippen LogP contribution in [0.4, 0.5) is 10.1 Å². The summed E-state index contributed by atoms with van der Waals surface area (Å²) in [6.07, 6.45) is 1.29. The summed E-state index contributed by atoms with van der Waals surface area (Å²) >= 11 is 6.62. The van der Waals surface area contributed by atoms with Gasteiger partial charge in [0.05, 0.1) is 11.3 Å². The number of carbonyl (C=O) groups excluding carboxylic acids is 1. The minimum Gasteiger partial charge on any atom is -0.321 e. The molecule has 0 atom stereocenters. The normalized spacial score (nSPS) is 10.2. The Hall–Kier alpha value is -1.27. The maximum absolute atomic E-state index is 13.3. The first kappa shape index (κ1) is 13.2. The topological polar surface area (TPSA) is 42.0 Å². The molecular weight excluding hydrogens is 367 g/mol. The van der Waals surface area contributed by atoms with E-state index in [9.17, 15) is 9.18 Å². The van der Waals surface area contributed by atoms with Crippen molar-refractivity contribution in [1.82, 2.24) is 4.98 Å². The molecule has 1 aromatic heterocycles. The van der Waals surface area contributed by atoms with Crippen molar-refractivity contribution in [3.63, 3.8) is 0 Å². The number of hydrogen-bond acceptors (Lipinski definition) is 2. The number of anilines is 1. The highest BCUT2D eigenvalue weighted by atomic mass is 79.9. The summed E-state index contributed by atoms with van der Waals surface area (Å²) in [6, 6.07) is 8.16. The second-order valence-corrected chi connectivity index (χ2v) is 5.19. The van der Waals surface area contributed by atoms with E-state index in [1.807, 2.05) is 0 Å². The van der Waals surface area contributed by atoms with Crippen LogP contribution >= 0.6 is 31.9 Å². The van der Waals surface area contributed by atoms with E-state index in [0.29, 0.717) is 10.2 Å². The van der Waals surface area contributed by atoms with Crippen LogP contribution in [0.3, 0.4) is 0 Å². The molecule has 0 radical (unpaired) electrons. The fraction of sp³-hybridized carbons (Fsp3) is 0. The van der Waals surface area contributed by atoms with Gasteiger partial charge in [-0.05, 0) is 46.3 Å². The van der Waals surface area contributed by atoms with Crippen LogP contribution in [0.25, 0.3) is 0 Å². The molecule has 3 nitrogen and oxygen atoms in total. The number of carbonyl (C=O) groups is 1. The van der Waals surface area contributed by atoms with Gasteiger partial charge in [-0.3, -0.25) is 4.79 Å². The first-order chi connectivity index (χ1) is 8.58. The fourth-order valence-electron chi connectivity index (χ4n) is 1.34. The summed E-state index contributed by atoms with van der Waals surface area (Å²) in [5.74, 6) is -1.33. The van der Waals surface area contributed by atoms with Gasteiger partial charge < -0.3 is 5.32 Å². The van der Waals surface area contributed by atoms with Crippen molar-refractivity contribution in [2.24, 2.45) is 0 Å². The molecule has 18 heavy (non-hydrogen) atoms. The van der Waals surface area contributed by atoms with Crippen molar-refractivity contribution in [3.05, 3.63) is 57.0 Å². The number of nitrogens with zero attached hydrogens (tertiary/aromatic N) is 1. The maximum atomic E-state index is 13.3. The quantitative estimate of drug-likeness (QED) is 0.808. The van der Waals surface area contributed by atoms with Gasteiger partial charge in [0.25, 0.3) is 5.91 Å². The zero-order chi connectivity index (χ0) is 13.1. The molecule has 92 valence electrons. The van der Waals surface area contributed by atoms with Crippen LogP contribution in [0.1, 0.15) is 10.4 Å². The third-order valence-electron chi connectivity index (χ3n) is 2.18. The number of rotatable bonds is 2. The van der Waals surface area contributed by atoms with Gasteiger partial charge in [0, 0.05) is 15.1 Å². The van der Waals surface area contributed by atoms with E-state index in [4.69, 9.17) is 0 Å². The zero-order valence-electron chi connectivity index (χ0n) is 8.95. The van der Waals surface area contributed by atoms with Crippen LogP contribution in [-0.4, -0.2) is 10.9 Å². The molecule has 0 fully saturated rings. The lowest BCUT2D eigenvalue weighted by Crippen LogP contribution is -2.14. The lowest BCUT2D eigenvalue weighted by Gasteiger charge is -2.07.